The maximum Gasteiger partial charge on any atom is 0.242 e. The van der Waals surface area contributed by atoms with Crippen LogP contribution in [0.1, 0.15) is 13.8 Å². The van der Waals surface area contributed by atoms with Gasteiger partial charge in [0.25, 0.3) is 0 Å². The van der Waals surface area contributed by atoms with Crippen LogP contribution in [0.2, 0.25) is 0 Å². The second kappa shape index (κ2) is 5.44. The number of anilines is 2. The van der Waals surface area contributed by atoms with E-state index in [0.717, 1.165) is 23.9 Å². The Morgan fingerprint density at radius 2 is 2.41 bits per heavy atom. The Labute approximate surface area is 106 Å². The maximum absolute atomic E-state index is 6.06. The molecule has 0 amide bonds. The van der Waals surface area contributed by atoms with Crippen LogP contribution in [0.15, 0.2) is 6.33 Å². The van der Waals surface area contributed by atoms with Gasteiger partial charge in [-0.25, -0.2) is 4.98 Å². The third kappa shape index (κ3) is 2.57. The van der Waals surface area contributed by atoms with Gasteiger partial charge in [-0.3, -0.25) is 0 Å². The highest BCUT2D eigenvalue weighted by atomic mass is 32.2. The molecule has 0 bridgehead atoms. The maximum atomic E-state index is 6.06. The highest BCUT2D eigenvalue weighted by Gasteiger charge is 2.23. The molecule has 1 aromatic rings. The van der Waals surface area contributed by atoms with Crippen LogP contribution in [0, 0.1) is 0 Å². The molecule has 17 heavy (non-hydrogen) atoms. The SMILES string of the molecule is CCOc1ncnc(N2CCSCC2C)c1N. The predicted octanol–water partition coefficient (Wildman–Crippen LogP) is 1.40. The molecule has 1 atom stereocenters. The van der Waals surface area contributed by atoms with Gasteiger partial charge in [-0.2, -0.15) is 16.7 Å². The number of ether oxygens (including phenoxy) is 1. The molecular formula is C11H18N4OS. The zero-order valence-electron chi connectivity index (χ0n) is 10.2. The molecule has 5 nitrogen and oxygen atoms in total. The van der Waals surface area contributed by atoms with E-state index >= 15 is 0 Å². The summed E-state index contributed by atoms with van der Waals surface area (Å²) < 4.78 is 5.40. The van der Waals surface area contributed by atoms with Crippen LogP contribution in [0.4, 0.5) is 11.5 Å². The highest BCUT2D eigenvalue weighted by Crippen LogP contribution is 2.31. The zero-order valence-corrected chi connectivity index (χ0v) is 11.0. The molecule has 2 heterocycles. The van der Waals surface area contributed by atoms with Gasteiger partial charge < -0.3 is 15.4 Å². The van der Waals surface area contributed by atoms with E-state index in [-0.39, 0.29) is 0 Å². The van der Waals surface area contributed by atoms with Crippen molar-refractivity contribution in [2.24, 2.45) is 0 Å². The van der Waals surface area contributed by atoms with Crippen molar-refractivity contribution in [3.8, 4) is 5.88 Å². The van der Waals surface area contributed by atoms with E-state index in [1.54, 1.807) is 0 Å². The molecule has 1 unspecified atom stereocenters. The monoisotopic (exact) mass is 254 g/mol. The van der Waals surface area contributed by atoms with Gasteiger partial charge in [0.05, 0.1) is 6.61 Å². The molecule has 1 saturated heterocycles. The molecule has 0 saturated carbocycles. The number of nitrogens with two attached hydrogens (primary N) is 1. The summed E-state index contributed by atoms with van der Waals surface area (Å²) in [5.41, 5.74) is 6.61. The van der Waals surface area contributed by atoms with Gasteiger partial charge in [0.2, 0.25) is 5.88 Å². The van der Waals surface area contributed by atoms with E-state index < -0.39 is 0 Å². The fourth-order valence-electron chi connectivity index (χ4n) is 1.89. The Morgan fingerprint density at radius 1 is 1.59 bits per heavy atom. The molecule has 1 aromatic heterocycles. The fourth-order valence-corrected chi connectivity index (χ4v) is 2.91. The van der Waals surface area contributed by atoms with Crippen LogP contribution < -0.4 is 15.4 Å². The summed E-state index contributed by atoms with van der Waals surface area (Å²) in [7, 11) is 0. The summed E-state index contributed by atoms with van der Waals surface area (Å²) in [6.07, 6.45) is 1.52. The molecule has 1 aliphatic rings. The van der Waals surface area contributed by atoms with E-state index in [9.17, 15) is 0 Å². The summed E-state index contributed by atoms with van der Waals surface area (Å²) in [5.74, 6) is 3.50. The minimum Gasteiger partial charge on any atom is -0.476 e. The molecule has 0 aliphatic carbocycles. The first-order valence-electron chi connectivity index (χ1n) is 5.81. The summed E-state index contributed by atoms with van der Waals surface area (Å²) in [6.45, 7) is 5.64. The lowest BCUT2D eigenvalue weighted by Crippen LogP contribution is -2.41. The minimum absolute atomic E-state index is 0.445. The third-order valence-corrected chi connectivity index (χ3v) is 3.94. The average Bonchev–Trinajstić information content (AvgIpc) is 2.33. The van der Waals surface area contributed by atoms with Crippen molar-refractivity contribution < 1.29 is 4.74 Å². The molecular weight excluding hydrogens is 236 g/mol. The number of hydrogen-bond donors (Lipinski definition) is 1. The lowest BCUT2D eigenvalue weighted by atomic mass is 10.3. The van der Waals surface area contributed by atoms with Gasteiger partial charge in [-0.1, -0.05) is 0 Å². The Hall–Kier alpha value is -1.17. The summed E-state index contributed by atoms with van der Waals surface area (Å²) in [6, 6.07) is 0.445. The van der Waals surface area contributed by atoms with E-state index in [4.69, 9.17) is 10.5 Å². The largest absolute Gasteiger partial charge is 0.476 e. The van der Waals surface area contributed by atoms with Crippen LogP contribution in [-0.4, -0.2) is 40.7 Å². The zero-order chi connectivity index (χ0) is 12.3. The van der Waals surface area contributed by atoms with E-state index in [1.807, 2.05) is 18.7 Å². The van der Waals surface area contributed by atoms with Gasteiger partial charge in [-0.15, -0.1) is 0 Å². The summed E-state index contributed by atoms with van der Waals surface area (Å²) >= 11 is 1.96. The quantitative estimate of drug-likeness (QED) is 0.879. The van der Waals surface area contributed by atoms with Gasteiger partial charge in [0.1, 0.15) is 12.0 Å². The molecule has 2 N–H and O–H groups in total. The number of nitrogen functional groups attached to an aromatic ring is 1. The van der Waals surface area contributed by atoms with E-state index in [0.29, 0.717) is 24.2 Å². The van der Waals surface area contributed by atoms with Crippen molar-refractivity contribution in [3.63, 3.8) is 0 Å². The van der Waals surface area contributed by atoms with Crippen LogP contribution in [0.3, 0.4) is 0 Å². The normalized spacial score (nSPS) is 20.4. The smallest absolute Gasteiger partial charge is 0.242 e. The van der Waals surface area contributed by atoms with Crippen molar-refractivity contribution in [1.82, 2.24) is 9.97 Å². The van der Waals surface area contributed by atoms with Crippen molar-refractivity contribution >= 4 is 23.3 Å². The lowest BCUT2D eigenvalue weighted by molar-refractivity contribution is 0.328. The number of aromatic nitrogens is 2. The van der Waals surface area contributed by atoms with Crippen molar-refractivity contribution in [2.45, 2.75) is 19.9 Å². The molecule has 0 aromatic carbocycles. The Morgan fingerprint density at radius 3 is 3.12 bits per heavy atom. The Kier molecular flexibility index (Phi) is 3.93. The topological polar surface area (TPSA) is 64.3 Å². The first kappa shape index (κ1) is 12.3. The highest BCUT2D eigenvalue weighted by molar-refractivity contribution is 7.99. The third-order valence-electron chi connectivity index (χ3n) is 2.75. The first-order chi connectivity index (χ1) is 8.24. The van der Waals surface area contributed by atoms with Gasteiger partial charge in [-0.05, 0) is 13.8 Å². The predicted molar refractivity (Wildman–Crippen MR) is 71.7 cm³/mol. The Balaban J connectivity index is 2.27. The molecule has 0 radical (unpaired) electrons. The van der Waals surface area contributed by atoms with Crippen LogP contribution in [0.25, 0.3) is 0 Å². The summed E-state index contributed by atoms with van der Waals surface area (Å²) in [4.78, 5) is 10.6. The first-order valence-corrected chi connectivity index (χ1v) is 6.97. The lowest BCUT2D eigenvalue weighted by Gasteiger charge is -2.34. The second-order valence-electron chi connectivity index (χ2n) is 3.97. The standard InChI is InChI=1S/C11H18N4OS/c1-3-16-11-9(12)10(13-7-14-11)15-4-5-17-6-8(15)2/h7-8H,3-6,12H2,1-2H3. The molecule has 1 fully saturated rings. The van der Waals surface area contributed by atoms with Crippen LogP contribution >= 0.6 is 11.8 Å². The molecule has 1 aliphatic heterocycles. The van der Waals surface area contributed by atoms with E-state index in [1.165, 1.54) is 6.33 Å². The van der Waals surface area contributed by atoms with Gasteiger partial charge in [0.15, 0.2) is 5.82 Å². The number of rotatable bonds is 3. The van der Waals surface area contributed by atoms with Crippen LogP contribution in [-0.2, 0) is 0 Å². The molecule has 2 rings (SSSR count). The Bertz CT molecular complexity index is 388. The van der Waals surface area contributed by atoms with Crippen molar-refractivity contribution in [3.05, 3.63) is 6.33 Å². The number of thioether (sulfide) groups is 1. The van der Waals surface area contributed by atoms with Gasteiger partial charge >= 0.3 is 0 Å². The molecule has 94 valence electrons. The van der Waals surface area contributed by atoms with Crippen molar-refractivity contribution in [2.75, 3.05) is 35.3 Å². The van der Waals surface area contributed by atoms with Crippen LogP contribution in [0.5, 0.6) is 5.88 Å². The molecule has 0 spiro atoms. The average molecular weight is 254 g/mol. The fraction of sp³-hybridized carbons (Fsp3) is 0.636. The second-order valence-corrected chi connectivity index (χ2v) is 5.12. The van der Waals surface area contributed by atoms with Crippen molar-refractivity contribution in [1.29, 1.82) is 0 Å². The molecule has 6 heteroatoms. The number of nitrogens with zero attached hydrogens (tertiary/aromatic N) is 3. The number of hydrogen-bond acceptors (Lipinski definition) is 6. The van der Waals surface area contributed by atoms with Gasteiger partial charge in [0, 0.05) is 24.1 Å². The van der Waals surface area contributed by atoms with E-state index in [2.05, 4.69) is 21.8 Å². The minimum atomic E-state index is 0.445. The summed E-state index contributed by atoms with van der Waals surface area (Å²) in [5, 5.41) is 0.